The fourth-order valence-electron chi connectivity index (χ4n) is 2.35. The van der Waals surface area contributed by atoms with Gasteiger partial charge in [0.25, 0.3) is 0 Å². The maximum absolute atomic E-state index is 14.2. The Hall–Kier alpha value is -1.27. The lowest BCUT2D eigenvalue weighted by molar-refractivity contribution is 0.373. The first kappa shape index (κ1) is 15.1. The molecule has 0 aromatic heterocycles. The Morgan fingerprint density at radius 1 is 1.50 bits per heavy atom. The third-order valence-electron chi connectivity index (χ3n) is 3.47. The molecule has 0 saturated carbocycles. The average molecular weight is 301 g/mol. The molecule has 0 radical (unpaired) electrons. The van der Waals surface area contributed by atoms with Crippen LogP contribution in [0.2, 0.25) is 0 Å². The van der Waals surface area contributed by atoms with Crippen LogP contribution in [0.1, 0.15) is 25.0 Å². The van der Waals surface area contributed by atoms with Crippen molar-refractivity contribution in [3.63, 3.8) is 0 Å². The summed E-state index contributed by atoms with van der Waals surface area (Å²) in [5.74, 6) is -0.443. The highest BCUT2D eigenvalue weighted by molar-refractivity contribution is 7.84. The second-order valence-electron chi connectivity index (χ2n) is 5.28. The van der Waals surface area contributed by atoms with Gasteiger partial charge in [-0.05, 0) is 31.1 Å². The zero-order chi connectivity index (χ0) is 15.1. The Balaban J connectivity index is 2.57. The van der Waals surface area contributed by atoms with Crippen LogP contribution in [-0.2, 0) is 17.4 Å². The maximum atomic E-state index is 14.2. The Morgan fingerprint density at radius 2 is 2.15 bits per heavy atom. The number of halogens is 2. The van der Waals surface area contributed by atoms with Crippen molar-refractivity contribution in [1.82, 2.24) is 0 Å². The minimum atomic E-state index is -1.62. The number of fused-ring (bicyclic) bond motifs is 1. The Morgan fingerprint density at radius 3 is 2.70 bits per heavy atom. The fraction of sp³-hybridized carbons (Fsp3) is 0.429. The van der Waals surface area contributed by atoms with Gasteiger partial charge in [0.1, 0.15) is 6.17 Å². The molecule has 2 rings (SSSR count). The van der Waals surface area contributed by atoms with Gasteiger partial charge < -0.3 is 4.74 Å². The Bertz CT molecular complexity index is 599. The van der Waals surface area contributed by atoms with Gasteiger partial charge in [0, 0.05) is 12.0 Å². The maximum Gasteiger partial charge on any atom is 0.165 e. The van der Waals surface area contributed by atoms with E-state index in [1.165, 1.54) is 19.2 Å². The minimum absolute atomic E-state index is 0.0510. The van der Waals surface area contributed by atoms with Gasteiger partial charge in [-0.2, -0.15) is 0 Å². The van der Waals surface area contributed by atoms with Crippen LogP contribution in [0, 0.1) is 5.82 Å². The van der Waals surface area contributed by atoms with Crippen molar-refractivity contribution in [2.24, 2.45) is 5.14 Å². The van der Waals surface area contributed by atoms with Crippen molar-refractivity contribution in [2.45, 2.75) is 31.2 Å². The highest BCUT2D eigenvalue weighted by atomic mass is 32.2. The summed E-state index contributed by atoms with van der Waals surface area (Å²) < 4.78 is 43.5. The first-order chi connectivity index (χ1) is 9.27. The van der Waals surface area contributed by atoms with E-state index in [4.69, 9.17) is 9.88 Å². The predicted molar refractivity (Wildman–Crippen MR) is 75.9 cm³/mol. The van der Waals surface area contributed by atoms with E-state index >= 15 is 0 Å². The van der Waals surface area contributed by atoms with Crippen molar-refractivity contribution >= 4 is 16.6 Å². The molecule has 0 amide bonds. The van der Waals surface area contributed by atoms with Gasteiger partial charge in [-0.25, -0.2) is 13.0 Å². The molecule has 0 aliphatic heterocycles. The molecule has 0 fully saturated rings. The van der Waals surface area contributed by atoms with Crippen LogP contribution in [0.25, 0.3) is 5.57 Å². The number of alkyl halides is 1. The van der Waals surface area contributed by atoms with Gasteiger partial charge in [-0.1, -0.05) is 12.1 Å². The molecule has 1 aromatic rings. The van der Waals surface area contributed by atoms with Gasteiger partial charge in [-0.3, -0.25) is 5.14 Å². The summed E-state index contributed by atoms with van der Waals surface area (Å²) in [7, 11) is -0.270. The molecule has 0 spiro atoms. The van der Waals surface area contributed by atoms with Crippen LogP contribution in [0.4, 0.5) is 8.78 Å². The fourth-order valence-corrected chi connectivity index (χ4v) is 2.59. The van der Waals surface area contributed by atoms with E-state index in [1.54, 1.807) is 19.9 Å². The lowest BCUT2D eigenvalue weighted by atomic mass is 10.0. The number of methoxy groups -OCH3 is 1. The van der Waals surface area contributed by atoms with E-state index in [9.17, 15) is 13.0 Å². The second-order valence-corrected chi connectivity index (χ2v) is 6.93. The highest BCUT2D eigenvalue weighted by Crippen LogP contribution is 2.41. The predicted octanol–water partition coefficient (Wildman–Crippen LogP) is 2.51. The summed E-state index contributed by atoms with van der Waals surface area (Å²) in [6.07, 6.45) is 0.343. The molecule has 1 aliphatic carbocycles. The zero-order valence-electron chi connectivity index (χ0n) is 11.6. The van der Waals surface area contributed by atoms with E-state index in [-0.39, 0.29) is 12.2 Å². The van der Waals surface area contributed by atoms with Crippen LogP contribution >= 0.6 is 0 Å². The summed E-state index contributed by atoms with van der Waals surface area (Å²) in [6, 6.07) is 2.77. The number of rotatable bonds is 3. The first-order valence-electron chi connectivity index (χ1n) is 6.16. The first-order valence-corrected chi connectivity index (χ1v) is 7.38. The number of hydrogen-bond donors (Lipinski definition) is 1. The van der Waals surface area contributed by atoms with Crippen molar-refractivity contribution in [1.29, 1.82) is 0 Å². The normalized spacial score (nSPS) is 21.9. The second kappa shape index (κ2) is 5.26. The van der Waals surface area contributed by atoms with Gasteiger partial charge in [0.2, 0.25) is 0 Å². The minimum Gasteiger partial charge on any atom is -0.493 e. The molecular formula is C14H17F2NO2S. The third-order valence-corrected chi connectivity index (χ3v) is 4.62. The van der Waals surface area contributed by atoms with Crippen LogP contribution in [0.3, 0.4) is 0 Å². The van der Waals surface area contributed by atoms with Crippen LogP contribution in [0.15, 0.2) is 18.2 Å². The molecule has 20 heavy (non-hydrogen) atoms. The van der Waals surface area contributed by atoms with Crippen molar-refractivity contribution < 1.29 is 17.7 Å². The van der Waals surface area contributed by atoms with Crippen LogP contribution in [-0.4, -0.2) is 22.2 Å². The van der Waals surface area contributed by atoms with Crippen LogP contribution in [0.5, 0.6) is 5.75 Å². The molecule has 0 saturated heterocycles. The summed E-state index contributed by atoms with van der Waals surface area (Å²) in [5, 5.41) is 5.41. The lowest BCUT2D eigenvalue weighted by Gasteiger charge is -2.18. The molecule has 0 bridgehead atoms. The number of ether oxygens (including phenoxy) is 1. The SMILES string of the molecule is COc1c(F)ccc2c1C[C@@H](F)/C2=C/C(C)(C)S(N)=O. The van der Waals surface area contributed by atoms with E-state index in [0.717, 1.165) is 0 Å². The van der Waals surface area contributed by atoms with E-state index in [0.29, 0.717) is 16.7 Å². The molecule has 1 aliphatic rings. The van der Waals surface area contributed by atoms with Crippen LogP contribution < -0.4 is 9.88 Å². The highest BCUT2D eigenvalue weighted by Gasteiger charge is 2.33. The van der Waals surface area contributed by atoms with Crippen molar-refractivity contribution in [3.8, 4) is 5.75 Å². The van der Waals surface area contributed by atoms with E-state index in [1.807, 2.05) is 0 Å². The molecule has 2 N–H and O–H groups in total. The molecule has 1 aromatic carbocycles. The van der Waals surface area contributed by atoms with E-state index < -0.39 is 27.7 Å². The summed E-state index contributed by atoms with van der Waals surface area (Å²) >= 11 is 0. The average Bonchev–Trinajstić information content (AvgIpc) is 2.65. The van der Waals surface area contributed by atoms with E-state index in [2.05, 4.69) is 0 Å². The summed E-state index contributed by atoms with van der Waals surface area (Å²) in [5.41, 5.74) is 1.49. The lowest BCUT2D eigenvalue weighted by Crippen LogP contribution is -2.30. The van der Waals surface area contributed by atoms with Gasteiger partial charge in [0.05, 0.1) is 22.8 Å². The topological polar surface area (TPSA) is 52.3 Å². The molecule has 3 nitrogen and oxygen atoms in total. The molecular weight excluding hydrogens is 284 g/mol. The molecule has 2 atom stereocenters. The number of nitrogens with two attached hydrogens (primary N) is 1. The monoisotopic (exact) mass is 301 g/mol. The molecule has 6 heteroatoms. The largest absolute Gasteiger partial charge is 0.493 e. The van der Waals surface area contributed by atoms with Crippen molar-refractivity contribution in [2.75, 3.05) is 7.11 Å². The van der Waals surface area contributed by atoms with Gasteiger partial charge in [0.15, 0.2) is 11.6 Å². The Labute approximate surface area is 119 Å². The smallest absolute Gasteiger partial charge is 0.165 e. The summed E-state index contributed by atoms with van der Waals surface area (Å²) in [6.45, 7) is 3.34. The number of allylic oxidation sites excluding steroid dienone is 1. The quantitative estimate of drug-likeness (QED) is 0.932. The van der Waals surface area contributed by atoms with Gasteiger partial charge in [-0.15, -0.1) is 0 Å². The van der Waals surface area contributed by atoms with Crippen molar-refractivity contribution in [3.05, 3.63) is 35.2 Å². The molecule has 1 unspecified atom stereocenters. The van der Waals surface area contributed by atoms with Gasteiger partial charge >= 0.3 is 0 Å². The third kappa shape index (κ3) is 2.50. The number of hydrogen-bond acceptors (Lipinski definition) is 2. The molecule has 0 heterocycles. The Kier molecular flexibility index (Phi) is 3.97. The standard InChI is InChI=1S/C14H17F2NO2S/c1-14(2,20(17)18)7-10-8-4-5-11(15)13(19-3)9(8)6-12(10)16/h4-5,7,12H,6,17H2,1-3H3/b10-7+/t12-,20?/m1/s1. The zero-order valence-corrected chi connectivity index (χ0v) is 12.4. The molecule has 110 valence electrons. The number of benzene rings is 1. The summed E-state index contributed by atoms with van der Waals surface area (Å²) in [4.78, 5) is 0.